The first-order valence-corrected chi connectivity index (χ1v) is 3.56. The third-order valence-corrected chi connectivity index (χ3v) is 1.22. The van der Waals surface area contributed by atoms with Gasteiger partial charge < -0.3 is 0 Å². The number of rotatable bonds is 1. The fourth-order valence-electron chi connectivity index (χ4n) is 0.227. The van der Waals surface area contributed by atoms with Crippen LogP contribution in [0.15, 0.2) is 48.2 Å². The summed E-state index contributed by atoms with van der Waals surface area (Å²) in [5.74, 6) is 0. The van der Waals surface area contributed by atoms with Gasteiger partial charge in [0.05, 0.1) is 0 Å². The first kappa shape index (κ1) is 8.18. The van der Waals surface area contributed by atoms with Gasteiger partial charge in [-0.1, -0.05) is 37.4 Å². The van der Waals surface area contributed by atoms with E-state index in [9.17, 15) is 0 Å². The van der Waals surface area contributed by atoms with Crippen molar-refractivity contribution >= 4 is 11.3 Å². The predicted octanol–water partition coefficient (Wildman–Crippen LogP) is 3.11. The van der Waals surface area contributed by atoms with Crippen LogP contribution >= 0.6 is 11.3 Å². The number of hydrogen-bond acceptors (Lipinski definition) is 1. The van der Waals surface area contributed by atoms with Gasteiger partial charge in [-0.25, -0.2) is 0 Å². The van der Waals surface area contributed by atoms with Crippen molar-refractivity contribution in [1.29, 1.82) is 0 Å². The first-order valence-electron chi connectivity index (χ1n) is 2.62. The highest BCUT2D eigenvalue weighted by Crippen LogP contribution is 1.91. The van der Waals surface area contributed by atoms with Crippen molar-refractivity contribution in [3.63, 3.8) is 0 Å². The van der Waals surface area contributed by atoms with E-state index >= 15 is 0 Å². The zero-order chi connectivity index (χ0) is 6.95. The Kier molecular flexibility index (Phi) is 6.53. The molecule has 0 radical (unpaired) electrons. The molecule has 0 saturated heterocycles. The molecule has 0 aromatic carbocycles. The molecule has 1 heterocycles. The summed E-state index contributed by atoms with van der Waals surface area (Å²) >= 11 is 1.71. The van der Waals surface area contributed by atoms with Crippen LogP contribution in [0.2, 0.25) is 0 Å². The molecular formula is C8H10S. The summed E-state index contributed by atoms with van der Waals surface area (Å²) in [4.78, 5) is 0. The van der Waals surface area contributed by atoms with Crippen molar-refractivity contribution in [2.45, 2.75) is 0 Å². The van der Waals surface area contributed by atoms with E-state index in [4.69, 9.17) is 0 Å². The normalized spacial score (nSPS) is 6.67. The monoisotopic (exact) mass is 138 g/mol. The van der Waals surface area contributed by atoms with Crippen LogP contribution in [0.4, 0.5) is 0 Å². The zero-order valence-electron chi connectivity index (χ0n) is 5.29. The fraction of sp³-hybridized carbons (Fsp3) is 0. The van der Waals surface area contributed by atoms with Gasteiger partial charge >= 0.3 is 0 Å². The van der Waals surface area contributed by atoms with Crippen molar-refractivity contribution in [2.75, 3.05) is 0 Å². The molecule has 0 aliphatic carbocycles. The molecule has 0 atom stereocenters. The Labute approximate surface area is 60.2 Å². The Balaban J connectivity index is 0.000000148. The Morgan fingerprint density at radius 2 is 1.44 bits per heavy atom. The van der Waals surface area contributed by atoms with Crippen molar-refractivity contribution in [3.8, 4) is 0 Å². The second-order valence-electron chi connectivity index (χ2n) is 1.26. The lowest BCUT2D eigenvalue weighted by Crippen LogP contribution is -1.21. The highest BCUT2D eigenvalue weighted by Gasteiger charge is 1.58. The minimum Gasteiger partial charge on any atom is -0.152 e. The molecule has 1 aromatic rings. The molecule has 0 unspecified atom stereocenters. The number of allylic oxidation sites excluding steroid dienone is 2. The van der Waals surface area contributed by atoms with Crippen LogP contribution < -0.4 is 0 Å². The second kappa shape index (κ2) is 7.18. The van der Waals surface area contributed by atoms with E-state index in [0.29, 0.717) is 0 Å². The smallest absolute Gasteiger partial charge is 0.00934 e. The molecule has 0 aliphatic rings. The molecule has 0 spiro atoms. The van der Waals surface area contributed by atoms with Crippen LogP contribution in [0.3, 0.4) is 0 Å². The lowest BCUT2D eigenvalue weighted by molar-refractivity contribution is 2.03. The van der Waals surface area contributed by atoms with Crippen LogP contribution in [0, 0.1) is 0 Å². The summed E-state index contributed by atoms with van der Waals surface area (Å²) in [5, 5.41) is 4.08. The van der Waals surface area contributed by atoms with Gasteiger partial charge in [0.15, 0.2) is 0 Å². The maximum Gasteiger partial charge on any atom is -0.00934 e. The van der Waals surface area contributed by atoms with Gasteiger partial charge in [-0.15, -0.1) is 0 Å². The minimum absolute atomic E-state index is 1.64. The van der Waals surface area contributed by atoms with Gasteiger partial charge in [0.25, 0.3) is 0 Å². The van der Waals surface area contributed by atoms with E-state index in [1.54, 1.807) is 23.5 Å². The maximum atomic E-state index is 3.36. The van der Waals surface area contributed by atoms with Crippen molar-refractivity contribution < 1.29 is 0 Å². The molecule has 0 saturated carbocycles. The van der Waals surface area contributed by atoms with Crippen LogP contribution in [0.1, 0.15) is 0 Å². The van der Waals surface area contributed by atoms with Gasteiger partial charge in [0.1, 0.15) is 0 Å². The highest BCUT2D eigenvalue weighted by atomic mass is 32.1. The number of thiophene rings is 1. The summed E-state index contributed by atoms with van der Waals surface area (Å²) < 4.78 is 0. The summed E-state index contributed by atoms with van der Waals surface area (Å²) in [6.45, 7) is 6.72. The topological polar surface area (TPSA) is 0 Å². The van der Waals surface area contributed by atoms with E-state index in [1.165, 1.54) is 0 Å². The molecular weight excluding hydrogens is 128 g/mol. The molecule has 1 heteroatoms. The Hall–Kier alpha value is -0.820. The van der Waals surface area contributed by atoms with Crippen LogP contribution in [0.5, 0.6) is 0 Å². The molecule has 1 aromatic heterocycles. The predicted molar refractivity (Wildman–Crippen MR) is 44.7 cm³/mol. The molecule has 0 fully saturated rings. The quantitative estimate of drug-likeness (QED) is 0.523. The summed E-state index contributed by atoms with van der Waals surface area (Å²) in [5.41, 5.74) is 0. The second-order valence-corrected chi connectivity index (χ2v) is 2.08. The zero-order valence-corrected chi connectivity index (χ0v) is 6.10. The van der Waals surface area contributed by atoms with Gasteiger partial charge in [0.2, 0.25) is 0 Å². The third kappa shape index (κ3) is 7.18. The van der Waals surface area contributed by atoms with Crippen molar-refractivity contribution in [3.05, 3.63) is 48.2 Å². The summed E-state index contributed by atoms with van der Waals surface area (Å²) in [6.07, 6.45) is 3.28. The minimum atomic E-state index is 1.64. The van der Waals surface area contributed by atoms with Gasteiger partial charge in [0, 0.05) is 0 Å². The Morgan fingerprint density at radius 3 is 1.56 bits per heavy atom. The van der Waals surface area contributed by atoms with Gasteiger partial charge in [-0.3, -0.25) is 0 Å². The first-order chi connectivity index (χ1) is 4.41. The van der Waals surface area contributed by atoms with E-state index in [2.05, 4.69) is 13.2 Å². The van der Waals surface area contributed by atoms with E-state index in [-0.39, 0.29) is 0 Å². The standard InChI is InChI=1S/C4H4S.C4H6/c1-2-4-5-3-1;1-3-4-2/h1-4H;3-4H,1-2H2. The molecule has 0 nitrogen and oxygen atoms in total. The van der Waals surface area contributed by atoms with Crippen LogP contribution in [-0.4, -0.2) is 0 Å². The molecule has 48 valence electrons. The Morgan fingerprint density at radius 1 is 1.00 bits per heavy atom. The molecule has 0 N–H and O–H groups in total. The summed E-state index contributed by atoms with van der Waals surface area (Å²) in [7, 11) is 0. The average Bonchev–Trinajstić information content (AvgIpc) is 2.43. The van der Waals surface area contributed by atoms with Crippen molar-refractivity contribution in [1.82, 2.24) is 0 Å². The largest absolute Gasteiger partial charge is 0.152 e. The van der Waals surface area contributed by atoms with E-state index in [0.717, 1.165) is 0 Å². The van der Waals surface area contributed by atoms with Crippen molar-refractivity contribution in [2.24, 2.45) is 0 Å². The molecule has 9 heavy (non-hydrogen) atoms. The molecule has 0 bridgehead atoms. The average molecular weight is 138 g/mol. The summed E-state index contributed by atoms with van der Waals surface area (Å²) in [6, 6.07) is 4.04. The van der Waals surface area contributed by atoms with E-state index < -0.39 is 0 Å². The van der Waals surface area contributed by atoms with E-state index in [1.807, 2.05) is 22.9 Å². The number of hydrogen-bond donors (Lipinski definition) is 0. The van der Waals surface area contributed by atoms with Gasteiger partial charge in [-0.2, -0.15) is 11.3 Å². The lowest BCUT2D eigenvalue weighted by atomic mass is 10.6. The van der Waals surface area contributed by atoms with Gasteiger partial charge in [-0.05, 0) is 10.8 Å². The SMILES string of the molecule is C=CC=C.c1ccsc1. The maximum absolute atomic E-state index is 3.36. The Bertz CT molecular complexity index is 116. The molecule has 0 amide bonds. The highest BCUT2D eigenvalue weighted by molar-refractivity contribution is 7.07. The van der Waals surface area contributed by atoms with Crippen LogP contribution in [-0.2, 0) is 0 Å². The lowest BCUT2D eigenvalue weighted by Gasteiger charge is -1.44. The van der Waals surface area contributed by atoms with Crippen LogP contribution in [0.25, 0.3) is 0 Å². The molecule has 0 aliphatic heterocycles. The third-order valence-electron chi connectivity index (χ3n) is 0.592. The molecule has 1 rings (SSSR count). The fourth-order valence-corrected chi connectivity index (χ4v) is 0.680.